The lowest BCUT2D eigenvalue weighted by Gasteiger charge is -2.32. The summed E-state index contributed by atoms with van der Waals surface area (Å²) in [5.74, 6) is -0.0298. The van der Waals surface area contributed by atoms with Gasteiger partial charge >= 0.3 is 0 Å². The van der Waals surface area contributed by atoms with Gasteiger partial charge in [-0.05, 0) is 42.9 Å². The number of hydrogen-bond acceptors (Lipinski definition) is 2. The molecule has 1 atom stereocenters. The maximum absolute atomic E-state index is 13.7. The lowest BCUT2D eigenvalue weighted by molar-refractivity contribution is -0.141. The fourth-order valence-electron chi connectivity index (χ4n) is 4.85. The number of benzene rings is 3. The van der Waals surface area contributed by atoms with E-state index in [1.54, 1.807) is 0 Å². The number of hydrogen-bond donors (Lipinski definition) is 1. The van der Waals surface area contributed by atoms with Crippen molar-refractivity contribution in [2.75, 3.05) is 0 Å². The van der Waals surface area contributed by atoms with Gasteiger partial charge in [0, 0.05) is 25.4 Å². The second-order valence-electron chi connectivity index (χ2n) is 9.69. The van der Waals surface area contributed by atoms with Gasteiger partial charge in [0.25, 0.3) is 0 Å². The number of carbonyl (C=O) groups excluding carboxylic acids is 2. The Balaban J connectivity index is 1.60. The van der Waals surface area contributed by atoms with Crippen molar-refractivity contribution < 1.29 is 9.59 Å². The quantitative estimate of drug-likeness (QED) is 0.419. The molecule has 1 N–H and O–H groups in total. The summed E-state index contributed by atoms with van der Waals surface area (Å²) >= 11 is 0. The maximum Gasteiger partial charge on any atom is 0.243 e. The lowest BCUT2D eigenvalue weighted by atomic mass is 10.0. The summed E-state index contributed by atoms with van der Waals surface area (Å²) in [5.41, 5.74) is 4.40. The first-order valence-electron chi connectivity index (χ1n) is 12.8. The molecule has 3 aromatic rings. The van der Waals surface area contributed by atoms with Crippen LogP contribution in [0.15, 0.2) is 84.9 Å². The van der Waals surface area contributed by atoms with Crippen molar-refractivity contribution >= 4 is 11.8 Å². The minimum absolute atomic E-state index is 0.0110. The van der Waals surface area contributed by atoms with Gasteiger partial charge in [0.05, 0.1) is 0 Å². The molecule has 4 rings (SSSR count). The highest BCUT2D eigenvalue weighted by molar-refractivity contribution is 5.88. The second kappa shape index (κ2) is 12.3. The third-order valence-corrected chi connectivity index (χ3v) is 6.92. The van der Waals surface area contributed by atoms with Crippen LogP contribution in [-0.4, -0.2) is 28.8 Å². The van der Waals surface area contributed by atoms with E-state index in [0.717, 1.165) is 42.4 Å². The van der Waals surface area contributed by atoms with Gasteiger partial charge in [0.1, 0.15) is 6.04 Å². The van der Waals surface area contributed by atoms with E-state index in [1.165, 1.54) is 5.56 Å². The molecule has 0 unspecified atom stereocenters. The second-order valence-corrected chi connectivity index (χ2v) is 9.69. The smallest absolute Gasteiger partial charge is 0.243 e. The molecule has 4 nitrogen and oxygen atoms in total. The van der Waals surface area contributed by atoms with Crippen LogP contribution in [-0.2, 0) is 29.0 Å². The van der Waals surface area contributed by atoms with Crippen LogP contribution in [0.2, 0.25) is 0 Å². The summed E-state index contributed by atoms with van der Waals surface area (Å²) < 4.78 is 0. The molecule has 0 heterocycles. The number of carbonyl (C=O) groups is 2. The average Bonchev–Trinajstić information content (AvgIpc) is 3.40. The standard InChI is InChI=1S/C31H36N2O2/c1-24-16-18-27(19-17-24)23-33(30(34)21-20-25-10-4-2-5-11-25)29(22-26-12-6-3-7-13-26)31(35)32-28-14-8-9-15-28/h2-7,10-13,16-19,28-29H,8-9,14-15,20-23H2,1H3,(H,32,35)/t29-/m1/s1. The molecule has 1 aliphatic carbocycles. The first kappa shape index (κ1) is 24.7. The van der Waals surface area contributed by atoms with Gasteiger partial charge in [-0.25, -0.2) is 0 Å². The molecule has 182 valence electrons. The Kier molecular flexibility index (Phi) is 8.72. The zero-order valence-electron chi connectivity index (χ0n) is 20.7. The highest BCUT2D eigenvalue weighted by Gasteiger charge is 2.32. The van der Waals surface area contributed by atoms with Crippen molar-refractivity contribution in [3.63, 3.8) is 0 Å². The molecule has 0 aromatic heterocycles. The summed E-state index contributed by atoms with van der Waals surface area (Å²) in [6.45, 7) is 2.48. The summed E-state index contributed by atoms with van der Waals surface area (Å²) in [6.07, 6.45) is 5.87. The van der Waals surface area contributed by atoms with Gasteiger partial charge in [-0.2, -0.15) is 0 Å². The average molecular weight is 469 g/mol. The van der Waals surface area contributed by atoms with Crippen molar-refractivity contribution in [3.8, 4) is 0 Å². The van der Waals surface area contributed by atoms with Crippen LogP contribution in [0, 0.1) is 6.92 Å². The largest absolute Gasteiger partial charge is 0.352 e. The van der Waals surface area contributed by atoms with E-state index in [1.807, 2.05) is 65.6 Å². The Labute approximate surface area is 209 Å². The summed E-state index contributed by atoms with van der Waals surface area (Å²) in [5, 5.41) is 3.27. The van der Waals surface area contributed by atoms with Gasteiger partial charge in [-0.15, -0.1) is 0 Å². The molecule has 1 fully saturated rings. The highest BCUT2D eigenvalue weighted by atomic mass is 16.2. The van der Waals surface area contributed by atoms with Crippen LogP contribution >= 0.6 is 0 Å². The lowest BCUT2D eigenvalue weighted by Crippen LogP contribution is -2.52. The Morgan fingerprint density at radius 3 is 2.06 bits per heavy atom. The van der Waals surface area contributed by atoms with Crippen molar-refractivity contribution in [3.05, 3.63) is 107 Å². The van der Waals surface area contributed by atoms with Crippen LogP contribution in [0.4, 0.5) is 0 Å². The third kappa shape index (κ3) is 7.29. The molecular weight excluding hydrogens is 432 g/mol. The molecule has 4 heteroatoms. The number of amides is 2. The predicted octanol–water partition coefficient (Wildman–Crippen LogP) is 5.63. The van der Waals surface area contributed by atoms with E-state index in [4.69, 9.17) is 0 Å². The Morgan fingerprint density at radius 1 is 0.829 bits per heavy atom. The SMILES string of the molecule is Cc1ccc(CN(C(=O)CCc2ccccc2)[C@H](Cc2ccccc2)C(=O)NC2CCCC2)cc1. The van der Waals surface area contributed by atoms with Crippen LogP contribution in [0.1, 0.15) is 54.4 Å². The van der Waals surface area contributed by atoms with Gasteiger partial charge in [0.15, 0.2) is 0 Å². The third-order valence-electron chi connectivity index (χ3n) is 6.92. The van der Waals surface area contributed by atoms with Crippen molar-refractivity contribution in [1.82, 2.24) is 10.2 Å². The molecule has 0 spiro atoms. The molecule has 0 saturated heterocycles. The fourth-order valence-corrected chi connectivity index (χ4v) is 4.85. The van der Waals surface area contributed by atoms with E-state index in [2.05, 4.69) is 36.5 Å². The van der Waals surface area contributed by atoms with E-state index in [9.17, 15) is 9.59 Å². The topological polar surface area (TPSA) is 49.4 Å². The fraction of sp³-hybridized carbons (Fsp3) is 0.355. The number of rotatable bonds is 10. The van der Waals surface area contributed by atoms with E-state index in [-0.39, 0.29) is 17.9 Å². The molecule has 35 heavy (non-hydrogen) atoms. The number of nitrogens with zero attached hydrogens (tertiary/aromatic N) is 1. The van der Waals surface area contributed by atoms with Crippen LogP contribution < -0.4 is 5.32 Å². The van der Waals surface area contributed by atoms with Crippen LogP contribution in [0.3, 0.4) is 0 Å². The van der Waals surface area contributed by atoms with Crippen molar-refractivity contribution in [2.45, 2.75) is 70.5 Å². The molecule has 0 bridgehead atoms. The molecule has 0 aliphatic heterocycles. The Morgan fingerprint density at radius 2 is 1.43 bits per heavy atom. The zero-order chi connectivity index (χ0) is 24.5. The summed E-state index contributed by atoms with van der Waals surface area (Å²) in [7, 11) is 0. The predicted molar refractivity (Wildman–Crippen MR) is 141 cm³/mol. The van der Waals surface area contributed by atoms with E-state index >= 15 is 0 Å². The first-order valence-corrected chi connectivity index (χ1v) is 12.8. The molecule has 1 saturated carbocycles. The van der Waals surface area contributed by atoms with Crippen LogP contribution in [0.25, 0.3) is 0 Å². The highest BCUT2D eigenvalue weighted by Crippen LogP contribution is 2.21. The minimum atomic E-state index is -0.553. The number of nitrogens with one attached hydrogen (secondary N) is 1. The van der Waals surface area contributed by atoms with E-state index < -0.39 is 6.04 Å². The van der Waals surface area contributed by atoms with Crippen molar-refractivity contribution in [2.24, 2.45) is 0 Å². The molecule has 1 aliphatic rings. The Bertz CT molecular complexity index is 1070. The van der Waals surface area contributed by atoms with Crippen molar-refractivity contribution in [1.29, 1.82) is 0 Å². The maximum atomic E-state index is 13.7. The summed E-state index contributed by atoms with van der Waals surface area (Å²) in [4.78, 5) is 29.2. The van der Waals surface area contributed by atoms with Gasteiger partial charge in [-0.3, -0.25) is 9.59 Å². The first-order chi connectivity index (χ1) is 17.1. The van der Waals surface area contributed by atoms with Crippen LogP contribution in [0.5, 0.6) is 0 Å². The van der Waals surface area contributed by atoms with E-state index in [0.29, 0.717) is 25.8 Å². The molecular formula is C31H36N2O2. The molecule has 2 amide bonds. The van der Waals surface area contributed by atoms with Gasteiger partial charge in [-0.1, -0.05) is 103 Å². The molecule has 0 radical (unpaired) electrons. The molecule has 3 aromatic carbocycles. The summed E-state index contributed by atoms with van der Waals surface area (Å²) in [6, 6.07) is 28.0. The monoisotopic (exact) mass is 468 g/mol. The number of aryl methyl sites for hydroxylation is 2. The minimum Gasteiger partial charge on any atom is -0.352 e. The Hall–Kier alpha value is -3.40. The van der Waals surface area contributed by atoms with Gasteiger partial charge < -0.3 is 10.2 Å². The van der Waals surface area contributed by atoms with Gasteiger partial charge in [0.2, 0.25) is 11.8 Å². The zero-order valence-corrected chi connectivity index (χ0v) is 20.7. The normalized spacial score (nSPS) is 14.4.